The molecule has 2 fully saturated rings. The molecule has 0 heterocycles. The maximum Gasteiger partial charge on any atom is 0.407 e. The van der Waals surface area contributed by atoms with Gasteiger partial charge in [0.25, 0.3) is 0 Å². The highest BCUT2D eigenvalue weighted by molar-refractivity contribution is 5.72. The van der Waals surface area contributed by atoms with E-state index < -0.39 is 0 Å². The minimum Gasteiger partial charge on any atom is -0.469 e. The molecule has 0 aliphatic heterocycles. The predicted octanol–water partition coefficient (Wildman–Crippen LogP) is 3.67. The number of nitrogens with one attached hydrogen (secondary N) is 1. The van der Waals surface area contributed by atoms with Crippen molar-refractivity contribution in [1.29, 1.82) is 0 Å². The summed E-state index contributed by atoms with van der Waals surface area (Å²) in [7, 11) is 1.46. The van der Waals surface area contributed by atoms with E-state index in [0.29, 0.717) is 11.8 Å². The standard InChI is InChI=1S/C20H27NO4/c1-24-19(22)16-10-11-17-15(12-16)8-5-9-18(17)21-20(23)25-13-14-6-3-2-4-7-14/h2-4,6-7,15-18H,5,8-13H2,1H3,(H,21,23). The van der Waals surface area contributed by atoms with E-state index in [4.69, 9.17) is 9.47 Å². The number of rotatable bonds is 4. The minimum atomic E-state index is -0.343. The van der Waals surface area contributed by atoms with Gasteiger partial charge in [0.15, 0.2) is 0 Å². The number of methoxy groups -OCH3 is 1. The Labute approximate surface area is 149 Å². The van der Waals surface area contributed by atoms with Crippen LogP contribution in [0.15, 0.2) is 30.3 Å². The van der Waals surface area contributed by atoms with Crippen LogP contribution in [0.1, 0.15) is 44.1 Å². The lowest BCUT2D eigenvalue weighted by Crippen LogP contribution is -2.48. The predicted molar refractivity (Wildman–Crippen MR) is 93.7 cm³/mol. The van der Waals surface area contributed by atoms with E-state index in [0.717, 1.165) is 44.1 Å². The molecule has 1 aromatic rings. The van der Waals surface area contributed by atoms with Gasteiger partial charge in [0.05, 0.1) is 13.0 Å². The zero-order valence-corrected chi connectivity index (χ0v) is 14.8. The molecule has 2 aliphatic rings. The first-order chi connectivity index (χ1) is 12.2. The normalized spacial score (nSPS) is 28.5. The minimum absolute atomic E-state index is 0.0232. The van der Waals surface area contributed by atoms with Crippen LogP contribution < -0.4 is 5.32 Å². The van der Waals surface area contributed by atoms with E-state index >= 15 is 0 Å². The van der Waals surface area contributed by atoms with Crippen LogP contribution in [0.3, 0.4) is 0 Å². The van der Waals surface area contributed by atoms with Crippen LogP contribution in [0.5, 0.6) is 0 Å². The third-order valence-corrected chi connectivity index (χ3v) is 5.70. The van der Waals surface area contributed by atoms with Crippen LogP contribution in [0.25, 0.3) is 0 Å². The van der Waals surface area contributed by atoms with Crippen molar-refractivity contribution in [3.63, 3.8) is 0 Å². The summed E-state index contributed by atoms with van der Waals surface area (Å²) < 4.78 is 10.3. The van der Waals surface area contributed by atoms with Crippen molar-refractivity contribution in [2.45, 2.75) is 51.2 Å². The molecule has 5 heteroatoms. The largest absolute Gasteiger partial charge is 0.469 e. The quantitative estimate of drug-likeness (QED) is 0.846. The summed E-state index contributed by atoms with van der Waals surface area (Å²) in [6.45, 7) is 0.290. The summed E-state index contributed by atoms with van der Waals surface area (Å²) in [5, 5.41) is 3.07. The second kappa shape index (κ2) is 8.37. The highest BCUT2D eigenvalue weighted by Crippen LogP contribution is 2.43. The summed E-state index contributed by atoms with van der Waals surface area (Å²) in [6, 6.07) is 9.84. The fourth-order valence-corrected chi connectivity index (χ4v) is 4.44. The first kappa shape index (κ1) is 17.8. The third kappa shape index (κ3) is 4.53. The van der Waals surface area contributed by atoms with E-state index in [1.54, 1.807) is 0 Å². The molecule has 0 bridgehead atoms. The van der Waals surface area contributed by atoms with Crippen LogP contribution in [0.4, 0.5) is 4.79 Å². The molecule has 3 rings (SSSR count). The maximum absolute atomic E-state index is 12.2. The van der Waals surface area contributed by atoms with Crippen LogP contribution in [0.2, 0.25) is 0 Å². The Hall–Kier alpha value is -2.04. The number of ether oxygens (including phenoxy) is 2. The Morgan fingerprint density at radius 3 is 2.68 bits per heavy atom. The van der Waals surface area contributed by atoms with Gasteiger partial charge >= 0.3 is 12.1 Å². The molecule has 1 amide bonds. The smallest absolute Gasteiger partial charge is 0.407 e. The molecule has 2 saturated carbocycles. The van der Waals surface area contributed by atoms with Crippen molar-refractivity contribution in [1.82, 2.24) is 5.32 Å². The number of hydrogen-bond acceptors (Lipinski definition) is 4. The number of benzene rings is 1. The lowest BCUT2D eigenvalue weighted by molar-refractivity contribution is -0.148. The molecule has 1 aromatic carbocycles. The number of amides is 1. The molecular formula is C20H27NO4. The molecule has 0 spiro atoms. The fourth-order valence-electron chi connectivity index (χ4n) is 4.44. The molecule has 0 aromatic heterocycles. The molecule has 1 N–H and O–H groups in total. The van der Waals surface area contributed by atoms with E-state index in [1.165, 1.54) is 7.11 Å². The van der Waals surface area contributed by atoms with Crippen molar-refractivity contribution in [3.8, 4) is 0 Å². The van der Waals surface area contributed by atoms with Gasteiger partial charge in [-0.1, -0.05) is 43.2 Å². The van der Waals surface area contributed by atoms with Crippen LogP contribution in [-0.4, -0.2) is 25.2 Å². The Bertz CT molecular complexity index is 589. The van der Waals surface area contributed by atoms with Crippen LogP contribution >= 0.6 is 0 Å². The Kier molecular flexibility index (Phi) is 5.95. The molecule has 4 unspecified atom stereocenters. The van der Waals surface area contributed by atoms with Crippen molar-refractivity contribution in [2.75, 3.05) is 7.11 Å². The molecule has 5 nitrogen and oxygen atoms in total. The Morgan fingerprint density at radius 2 is 1.92 bits per heavy atom. The highest BCUT2D eigenvalue weighted by Gasteiger charge is 2.40. The first-order valence-electron chi connectivity index (χ1n) is 9.22. The maximum atomic E-state index is 12.2. The summed E-state index contributed by atoms with van der Waals surface area (Å²) >= 11 is 0. The van der Waals surface area contributed by atoms with Gasteiger partial charge in [-0.2, -0.15) is 0 Å². The Balaban J connectivity index is 1.51. The van der Waals surface area contributed by atoms with E-state index in [1.807, 2.05) is 30.3 Å². The Morgan fingerprint density at radius 1 is 1.12 bits per heavy atom. The van der Waals surface area contributed by atoms with Gasteiger partial charge in [-0.15, -0.1) is 0 Å². The van der Waals surface area contributed by atoms with E-state index in [2.05, 4.69) is 5.32 Å². The average Bonchev–Trinajstić information content (AvgIpc) is 2.66. The number of fused-ring (bicyclic) bond motifs is 1. The van der Waals surface area contributed by atoms with Gasteiger partial charge in [-0.3, -0.25) is 4.79 Å². The van der Waals surface area contributed by atoms with Crippen LogP contribution in [0, 0.1) is 17.8 Å². The van der Waals surface area contributed by atoms with Gasteiger partial charge in [0.1, 0.15) is 6.61 Å². The third-order valence-electron chi connectivity index (χ3n) is 5.70. The number of hydrogen-bond donors (Lipinski definition) is 1. The monoisotopic (exact) mass is 345 g/mol. The second-order valence-corrected chi connectivity index (χ2v) is 7.20. The zero-order valence-electron chi connectivity index (χ0n) is 14.8. The van der Waals surface area contributed by atoms with Crippen molar-refractivity contribution < 1.29 is 19.1 Å². The highest BCUT2D eigenvalue weighted by atomic mass is 16.5. The van der Waals surface area contributed by atoms with Gasteiger partial charge < -0.3 is 14.8 Å². The SMILES string of the molecule is COC(=O)C1CCC2C(CCCC2NC(=O)OCc2ccccc2)C1. The number of carbonyl (C=O) groups excluding carboxylic acids is 2. The molecule has 0 radical (unpaired) electrons. The van der Waals surface area contributed by atoms with Crippen molar-refractivity contribution in [3.05, 3.63) is 35.9 Å². The molecule has 0 saturated heterocycles. The van der Waals surface area contributed by atoms with Gasteiger partial charge in [0, 0.05) is 6.04 Å². The van der Waals surface area contributed by atoms with Crippen molar-refractivity contribution >= 4 is 12.1 Å². The molecule has 4 atom stereocenters. The summed E-state index contributed by atoms with van der Waals surface area (Å²) in [5.41, 5.74) is 0.984. The average molecular weight is 345 g/mol. The molecule has 25 heavy (non-hydrogen) atoms. The van der Waals surface area contributed by atoms with E-state index in [-0.39, 0.29) is 30.6 Å². The zero-order chi connectivity index (χ0) is 17.6. The molecular weight excluding hydrogens is 318 g/mol. The second-order valence-electron chi connectivity index (χ2n) is 7.20. The van der Waals surface area contributed by atoms with Crippen LogP contribution in [-0.2, 0) is 20.9 Å². The van der Waals surface area contributed by atoms with Crippen molar-refractivity contribution in [2.24, 2.45) is 17.8 Å². The number of alkyl carbamates (subject to hydrolysis) is 1. The summed E-state index contributed by atoms with van der Waals surface area (Å²) in [4.78, 5) is 24.0. The topological polar surface area (TPSA) is 64.6 Å². The first-order valence-corrected chi connectivity index (χ1v) is 9.22. The summed E-state index contributed by atoms with van der Waals surface area (Å²) in [6.07, 6.45) is 5.57. The van der Waals surface area contributed by atoms with Gasteiger partial charge in [-0.05, 0) is 43.1 Å². The van der Waals surface area contributed by atoms with E-state index in [9.17, 15) is 9.59 Å². The number of carbonyl (C=O) groups is 2. The van der Waals surface area contributed by atoms with Gasteiger partial charge in [-0.25, -0.2) is 4.79 Å². The molecule has 136 valence electrons. The summed E-state index contributed by atoms with van der Waals surface area (Å²) in [5.74, 6) is 0.871. The lowest BCUT2D eigenvalue weighted by atomic mass is 9.65. The molecule has 2 aliphatic carbocycles. The fraction of sp³-hybridized carbons (Fsp3) is 0.600. The van der Waals surface area contributed by atoms with Gasteiger partial charge in [0.2, 0.25) is 0 Å². The lowest BCUT2D eigenvalue weighted by Gasteiger charge is -2.43. The number of esters is 1.